The maximum Gasteiger partial charge on any atom is 0.248 e. The van der Waals surface area contributed by atoms with E-state index in [0.717, 1.165) is 51.9 Å². The summed E-state index contributed by atoms with van der Waals surface area (Å²) in [5, 5.41) is 8.81. The zero-order valence-electron chi connectivity index (χ0n) is 11.2. The van der Waals surface area contributed by atoms with Crippen LogP contribution in [0.1, 0.15) is 25.7 Å². The number of carbonyl (C=O) groups is 1. The number of aliphatic hydroxyl groups excluding tert-OH is 1. The molecule has 5 nitrogen and oxygen atoms in total. The van der Waals surface area contributed by atoms with E-state index in [1.807, 2.05) is 0 Å². The first-order valence-corrected chi connectivity index (χ1v) is 6.91. The number of aliphatic hydroxyl groups is 1. The third-order valence-electron chi connectivity index (χ3n) is 3.98. The van der Waals surface area contributed by atoms with Crippen molar-refractivity contribution in [1.82, 2.24) is 9.80 Å². The summed E-state index contributed by atoms with van der Waals surface area (Å²) in [4.78, 5) is 15.4. The first kappa shape index (κ1) is 13.8. The van der Waals surface area contributed by atoms with E-state index in [0.29, 0.717) is 12.2 Å². The Morgan fingerprint density at radius 1 is 1.11 bits per heavy atom. The van der Waals surface area contributed by atoms with Gasteiger partial charge in [-0.15, -0.1) is 0 Å². The molecule has 0 unspecified atom stereocenters. The number of carbonyl (C=O) groups excluding carboxylic acids is 1. The van der Waals surface area contributed by atoms with Crippen LogP contribution in [0.2, 0.25) is 0 Å². The van der Waals surface area contributed by atoms with Crippen LogP contribution in [-0.2, 0) is 9.53 Å². The Labute approximate surface area is 109 Å². The minimum absolute atomic E-state index is 0.159. The first-order chi connectivity index (χ1) is 8.69. The molecule has 1 N–H and O–H groups in total. The standard InChI is InChI=1S/C13H24N2O3/c1-14-6-2-11(3-7-14)18-12-4-8-15(9-5-12)13(17)10-16/h11-12,16H,2-10H2,1H3. The second kappa shape index (κ2) is 6.50. The maximum absolute atomic E-state index is 11.3. The number of rotatable bonds is 3. The molecule has 2 aliphatic rings. The van der Waals surface area contributed by atoms with E-state index in [1.165, 1.54) is 0 Å². The molecule has 1 amide bonds. The topological polar surface area (TPSA) is 53.0 Å². The molecule has 0 saturated carbocycles. The average Bonchev–Trinajstić information content (AvgIpc) is 2.41. The van der Waals surface area contributed by atoms with Gasteiger partial charge in [-0.1, -0.05) is 0 Å². The normalized spacial score (nSPS) is 24.4. The molecule has 0 aromatic carbocycles. The Morgan fingerprint density at radius 3 is 2.11 bits per heavy atom. The Kier molecular flexibility index (Phi) is 4.97. The highest BCUT2D eigenvalue weighted by atomic mass is 16.5. The van der Waals surface area contributed by atoms with Gasteiger partial charge < -0.3 is 19.6 Å². The van der Waals surface area contributed by atoms with E-state index in [4.69, 9.17) is 9.84 Å². The molecule has 2 rings (SSSR count). The predicted octanol–water partition coefficient (Wildman–Crippen LogP) is 0.0805. The van der Waals surface area contributed by atoms with Gasteiger partial charge in [0.2, 0.25) is 5.91 Å². The van der Waals surface area contributed by atoms with Gasteiger partial charge in [-0.25, -0.2) is 0 Å². The molecule has 0 aliphatic carbocycles. The van der Waals surface area contributed by atoms with E-state index in [1.54, 1.807) is 4.90 Å². The average molecular weight is 256 g/mol. The lowest BCUT2D eigenvalue weighted by molar-refractivity contribution is -0.138. The molecule has 0 aromatic rings. The molecule has 0 bridgehead atoms. The van der Waals surface area contributed by atoms with Crippen molar-refractivity contribution in [3.8, 4) is 0 Å². The van der Waals surface area contributed by atoms with Gasteiger partial charge >= 0.3 is 0 Å². The largest absolute Gasteiger partial charge is 0.387 e. The third kappa shape index (κ3) is 3.67. The van der Waals surface area contributed by atoms with E-state index < -0.39 is 0 Å². The lowest BCUT2D eigenvalue weighted by Crippen LogP contribution is -2.44. The summed E-state index contributed by atoms with van der Waals surface area (Å²) in [6, 6.07) is 0. The predicted molar refractivity (Wildman–Crippen MR) is 68.3 cm³/mol. The van der Waals surface area contributed by atoms with Crippen molar-refractivity contribution >= 4 is 5.91 Å². The van der Waals surface area contributed by atoms with Crippen LogP contribution in [0.25, 0.3) is 0 Å². The third-order valence-corrected chi connectivity index (χ3v) is 3.98. The molecule has 2 aliphatic heterocycles. The molecule has 104 valence electrons. The van der Waals surface area contributed by atoms with Crippen molar-refractivity contribution in [3.05, 3.63) is 0 Å². The summed E-state index contributed by atoms with van der Waals surface area (Å²) in [6.07, 6.45) is 4.72. The van der Waals surface area contributed by atoms with Gasteiger partial charge in [0.15, 0.2) is 0 Å². The highest BCUT2D eigenvalue weighted by molar-refractivity contribution is 5.77. The van der Waals surface area contributed by atoms with Crippen molar-refractivity contribution in [2.45, 2.75) is 37.9 Å². The van der Waals surface area contributed by atoms with Crippen molar-refractivity contribution < 1.29 is 14.6 Å². The van der Waals surface area contributed by atoms with Crippen LogP contribution in [-0.4, -0.2) is 72.9 Å². The van der Waals surface area contributed by atoms with Crippen LogP contribution in [0.4, 0.5) is 0 Å². The Bertz CT molecular complexity index is 269. The summed E-state index contributed by atoms with van der Waals surface area (Å²) >= 11 is 0. The van der Waals surface area contributed by atoms with Gasteiger partial charge in [0.1, 0.15) is 6.61 Å². The fourth-order valence-electron chi connectivity index (χ4n) is 2.73. The van der Waals surface area contributed by atoms with Crippen molar-refractivity contribution in [2.24, 2.45) is 0 Å². The summed E-state index contributed by atoms with van der Waals surface area (Å²) in [7, 11) is 2.15. The van der Waals surface area contributed by atoms with Gasteiger partial charge in [0, 0.05) is 26.2 Å². The number of hydrogen-bond donors (Lipinski definition) is 1. The summed E-state index contributed by atoms with van der Waals surface area (Å²) in [5.41, 5.74) is 0. The minimum atomic E-state index is -0.375. The monoisotopic (exact) mass is 256 g/mol. The zero-order chi connectivity index (χ0) is 13.0. The molecule has 2 fully saturated rings. The smallest absolute Gasteiger partial charge is 0.248 e. The number of nitrogens with zero attached hydrogens (tertiary/aromatic N) is 2. The molecule has 0 spiro atoms. The lowest BCUT2D eigenvalue weighted by atomic mass is 10.0. The summed E-state index contributed by atoms with van der Waals surface area (Å²) < 4.78 is 6.12. The second-order valence-corrected chi connectivity index (χ2v) is 5.38. The quantitative estimate of drug-likeness (QED) is 0.777. The Balaban J connectivity index is 1.69. The first-order valence-electron chi connectivity index (χ1n) is 6.91. The van der Waals surface area contributed by atoms with E-state index in [-0.39, 0.29) is 12.5 Å². The van der Waals surface area contributed by atoms with Crippen LogP contribution in [0.3, 0.4) is 0 Å². The molecule has 0 radical (unpaired) electrons. The van der Waals surface area contributed by atoms with E-state index in [9.17, 15) is 4.79 Å². The minimum Gasteiger partial charge on any atom is -0.387 e. The summed E-state index contributed by atoms with van der Waals surface area (Å²) in [5.74, 6) is -0.159. The number of hydrogen-bond acceptors (Lipinski definition) is 4. The van der Waals surface area contributed by atoms with Crippen LogP contribution in [0, 0.1) is 0 Å². The Morgan fingerprint density at radius 2 is 1.61 bits per heavy atom. The molecule has 2 heterocycles. The van der Waals surface area contributed by atoms with Gasteiger partial charge in [0.05, 0.1) is 12.2 Å². The summed E-state index contributed by atoms with van der Waals surface area (Å²) in [6.45, 7) is 3.30. The van der Waals surface area contributed by atoms with Gasteiger partial charge in [-0.3, -0.25) is 4.79 Å². The second-order valence-electron chi connectivity index (χ2n) is 5.38. The lowest BCUT2D eigenvalue weighted by Gasteiger charge is -2.36. The van der Waals surface area contributed by atoms with Crippen LogP contribution < -0.4 is 0 Å². The molecule has 0 aromatic heterocycles. The molecule has 2 saturated heterocycles. The zero-order valence-corrected chi connectivity index (χ0v) is 11.2. The number of piperidine rings is 2. The van der Waals surface area contributed by atoms with Crippen LogP contribution in [0.5, 0.6) is 0 Å². The van der Waals surface area contributed by atoms with Crippen LogP contribution >= 0.6 is 0 Å². The van der Waals surface area contributed by atoms with Gasteiger partial charge in [0.25, 0.3) is 0 Å². The number of likely N-dealkylation sites (tertiary alicyclic amines) is 2. The highest BCUT2D eigenvalue weighted by Crippen LogP contribution is 2.20. The fourth-order valence-corrected chi connectivity index (χ4v) is 2.73. The van der Waals surface area contributed by atoms with E-state index >= 15 is 0 Å². The molecule has 5 heteroatoms. The van der Waals surface area contributed by atoms with Crippen molar-refractivity contribution in [1.29, 1.82) is 0 Å². The number of amides is 1. The SMILES string of the molecule is CN1CCC(OC2CCN(C(=O)CO)CC2)CC1. The molecule has 18 heavy (non-hydrogen) atoms. The van der Waals surface area contributed by atoms with E-state index in [2.05, 4.69) is 11.9 Å². The molecular formula is C13H24N2O3. The maximum atomic E-state index is 11.3. The Hall–Kier alpha value is -0.650. The molecular weight excluding hydrogens is 232 g/mol. The number of ether oxygens (including phenoxy) is 1. The van der Waals surface area contributed by atoms with Crippen molar-refractivity contribution in [2.75, 3.05) is 39.8 Å². The van der Waals surface area contributed by atoms with Crippen LogP contribution in [0.15, 0.2) is 0 Å². The van der Waals surface area contributed by atoms with Crippen molar-refractivity contribution in [3.63, 3.8) is 0 Å². The van der Waals surface area contributed by atoms with Gasteiger partial charge in [-0.2, -0.15) is 0 Å². The fraction of sp³-hybridized carbons (Fsp3) is 0.923. The van der Waals surface area contributed by atoms with Gasteiger partial charge in [-0.05, 0) is 32.7 Å². The molecule has 0 atom stereocenters. The highest BCUT2D eigenvalue weighted by Gasteiger charge is 2.26.